The Morgan fingerprint density at radius 1 is 1.00 bits per heavy atom. The summed E-state index contributed by atoms with van der Waals surface area (Å²) in [5, 5.41) is 5.20. The van der Waals surface area contributed by atoms with Gasteiger partial charge in [-0.3, -0.25) is 9.59 Å². The van der Waals surface area contributed by atoms with Crippen LogP contribution < -0.4 is 25.3 Å². The van der Waals surface area contributed by atoms with E-state index in [1.807, 2.05) is 20.2 Å². The Morgan fingerprint density at radius 2 is 1.63 bits per heavy atom. The van der Waals surface area contributed by atoms with Crippen molar-refractivity contribution in [2.75, 3.05) is 63.7 Å². The lowest BCUT2D eigenvalue weighted by Crippen LogP contribution is -3.15. The number of nitrogens with zero attached hydrogens (tertiary/aromatic N) is 2. The number of carbonyl (C=O) groups excluding carboxylic acids is 2. The van der Waals surface area contributed by atoms with E-state index < -0.39 is 11.8 Å². The molecule has 1 atom stereocenters. The van der Waals surface area contributed by atoms with Crippen molar-refractivity contribution in [1.82, 2.24) is 10.6 Å². The average Bonchev–Trinajstić information content (AvgIpc) is 2.79. The highest BCUT2D eigenvalue weighted by molar-refractivity contribution is 6.35. The lowest BCUT2D eigenvalue weighted by molar-refractivity contribution is -0.931. The number of quaternary nitrogens is 1. The number of nitrogens with one attached hydrogen (secondary N) is 3. The molecule has 2 aromatic carbocycles. The largest absolute Gasteiger partial charge is 0.378 e. The maximum absolute atomic E-state index is 12.0. The van der Waals surface area contributed by atoms with Crippen LogP contribution in [0.5, 0.6) is 0 Å². The number of amides is 2. The van der Waals surface area contributed by atoms with Crippen LogP contribution in [-0.2, 0) is 9.59 Å². The van der Waals surface area contributed by atoms with Gasteiger partial charge in [-0.2, -0.15) is 0 Å². The van der Waals surface area contributed by atoms with Crippen LogP contribution in [0.1, 0.15) is 11.6 Å². The van der Waals surface area contributed by atoms with E-state index in [1.54, 1.807) is 0 Å². The quantitative estimate of drug-likeness (QED) is 0.589. The van der Waals surface area contributed by atoms with Gasteiger partial charge in [-0.15, -0.1) is 0 Å². The third-order valence-corrected chi connectivity index (χ3v) is 5.73. The van der Waals surface area contributed by atoms with E-state index in [4.69, 9.17) is 0 Å². The standard InChI is InChI=1S/C23H31N5O2/c1-24-22(29)23(30)25-17-21(18-9-11-19(12-10-18)26(2)3)28-15-13-27(14-16-28)20-7-5-4-6-8-20/h4-12,21H,13-17H2,1-3H3,(H,24,29)(H,25,30)/p+1/t21-/m0/s1. The highest BCUT2D eigenvalue weighted by atomic mass is 16.2. The number of rotatable bonds is 6. The lowest BCUT2D eigenvalue weighted by Gasteiger charge is -2.38. The van der Waals surface area contributed by atoms with Crippen LogP contribution in [0.4, 0.5) is 11.4 Å². The van der Waals surface area contributed by atoms with E-state index in [0.29, 0.717) is 6.54 Å². The van der Waals surface area contributed by atoms with Crippen LogP contribution in [0.25, 0.3) is 0 Å². The van der Waals surface area contributed by atoms with Crippen molar-refractivity contribution < 1.29 is 14.5 Å². The number of anilines is 2. The molecule has 1 saturated heterocycles. The van der Waals surface area contributed by atoms with Crippen molar-refractivity contribution in [3.63, 3.8) is 0 Å². The highest BCUT2D eigenvalue weighted by Gasteiger charge is 2.29. The molecule has 1 aliphatic heterocycles. The minimum Gasteiger partial charge on any atom is -0.378 e. The Labute approximate surface area is 178 Å². The smallest absolute Gasteiger partial charge is 0.309 e. The summed E-state index contributed by atoms with van der Waals surface area (Å²) in [5.41, 5.74) is 3.55. The summed E-state index contributed by atoms with van der Waals surface area (Å²) in [7, 11) is 5.50. The molecule has 1 heterocycles. The molecular formula is C23H32N5O2+. The second-order valence-electron chi connectivity index (χ2n) is 7.81. The molecule has 0 aromatic heterocycles. The molecule has 1 aliphatic rings. The summed E-state index contributed by atoms with van der Waals surface area (Å²) >= 11 is 0. The molecule has 7 nitrogen and oxygen atoms in total. The maximum atomic E-state index is 12.0. The van der Waals surface area contributed by atoms with Crippen LogP contribution in [0.15, 0.2) is 54.6 Å². The van der Waals surface area contributed by atoms with Crippen molar-refractivity contribution in [2.24, 2.45) is 0 Å². The molecule has 0 aliphatic carbocycles. The zero-order chi connectivity index (χ0) is 21.5. The van der Waals surface area contributed by atoms with E-state index >= 15 is 0 Å². The molecular weight excluding hydrogens is 378 g/mol. The first-order chi connectivity index (χ1) is 14.5. The van der Waals surface area contributed by atoms with Crippen molar-refractivity contribution >= 4 is 23.2 Å². The van der Waals surface area contributed by atoms with Crippen molar-refractivity contribution in [3.05, 3.63) is 60.2 Å². The summed E-state index contributed by atoms with van der Waals surface area (Å²) in [6.07, 6.45) is 0. The van der Waals surface area contributed by atoms with Gasteiger partial charge in [0.1, 0.15) is 6.04 Å². The number of para-hydroxylation sites is 1. The van der Waals surface area contributed by atoms with Crippen LogP contribution in [0.2, 0.25) is 0 Å². The summed E-state index contributed by atoms with van der Waals surface area (Å²) in [5.74, 6) is -1.20. The van der Waals surface area contributed by atoms with Crippen molar-refractivity contribution in [2.45, 2.75) is 6.04 Å². The van der Waals surface area contributed by atoms with Crippen molar-refractivity contribution in [3.8, 4) is 0 Å². The Morgan fingerprint density at radius 3 is 2.20 bits per heavy atom. The monoisotopic (exact) mass is 410 g/mol. The van der Waals surface area contributed by atoms with Gasteiger partial charge in [0.15, 0.2) is 0 Å². The van der Waals surface area contributed by atoms with Gasteiger partial charge in [0.2, 0.25) is 0 Å². The fourth-order valence-corrected chi connectivity index (χ4v) is 3.93. The third kappa shape index (κ3) is 5.30. The van der Waals surface area contributed by atoms with Gasteiger partial charge in [-0.05, 0) is 24.3 Å². The first-order valence-electron chi connectivity index (χ1n) is 10.4. The van der Waals surface area contributed by atoms with E-state index in [9.17, 15) is 9.59 Å². The van der Waals surface area contributed by atoms with Gasteiger partial charge >= 0.3 is 11.8 Å². The molecule has 7 heteroatoms. The second-order valence-corrected chi connectivity index (χ2v) is 7.81. The van der Waals surface area contributed by atoms with Gasteiger partial charge in [-0.25, -0.2) is 0 Å². The van der Waals surface area contributed by atoms with Gasteiger partial charge in [0.25, 0.3) is 0 Å². The Bertz CT molecular complexity index is 830. The Hall–Kier alpha value is -3.06. The van der Waals surface area contributed by atoms with E-state index in [0.717, 1.165) is 31.9 Å². The van der Waals surface area contributed by atoms with Crippen LogP contribution >= 0.6 is 0 Å². The first kappa shape index (κ1) is 21.6. The molecule has 2 amide bonds. The predicted octanol–water partition coefficient (Wildman–Crippen LogP) is 0.0610. The lowest BCUT2D eigenvalue weighted by atomic mass is 10.0. The zero-order valence-corrected chi connectivity index (χ0v) is 18.0. The summed E-state index contributed by atoms with van der Waals surface area (Å²) in [4.78, 5) is 29.5. The first-order valence-corrected chi connectivity index (χ1v) is 10.4. The number of piperazine rings is 1. The number of hydrogen-bond donors (Lipinski definition) is 3. The van der Waals surface area contributed by atoms with Crippen LogP contribution in [0.3, 0.4) is 0 Å². The maximum Gasteiger partial charge on any atom is 0.309 e. The number of carbonyl (C=O) groups is 2. The Balaban J connectivity index is 1.72. The molecule has 2 aromatic rings. The average molecular weight is 411 g/mol. The fourth-order valence-electron chi connectivity index (χ4n) is 3.93. The molecule has 30 heavy (non-hydrogen) atoms. The number of benzene rings is 2. The van der Waals surface area contributed by atoms with Gasteiger partial charge in [0, 0.05) is 38.1 Å². The molecule has 3 N–H and O–H groups in total. The molecule has 0 bridgehead atoms. The van der Waals surface area contributed by atoms with E-state index in [-0.39, 0.29) is 6.04 Å². The van der Waals surface area contributed by atoms with Crippen LogP contribution in [-0.4, -0.2) is 65.7 Å². The topological polar surface area (TPSA) is 69.1 Å². The van der Waals surface area contributed by atoms with Gasteiger partial charge < -0.3 is 25.3 Å². The van der Waals surface area contributed by atoms with Gasteiger partial charge in [-0.1, -0.05) is 30.3 Å². The molecule has 3 rings (SSSR count). The summed E-state index contributed by atoms with van der Waals surface area (Å²) in [6, 6.07) is 19.0. The van der Waals surface area contributed by atoms with Crippen LogP contribution in [0, 0.1) is 0 Å². The molecule has 0 unspecified atom stereocenters. The minimum absolute atomic E-state index is 0.0905. The highest BCUT2D eigenvalue weighted by Crippen LogP contribution is 2.17. The SMILES string of the molecule is CNC(=O)C(=O)NC[C@@H](c1ccc(N(C)C)cc1)[NH+]1CCN(c2ccccc2)CC1. The molecule has 0 saturated carbocycles. The van der Waals surface area contributed by atoms with Crippen molar-refractivity contribution in [1.29, 1.82) is 0 Å². The second kappa shape index (κ2) is 10.1. The predicted molar refractivity (Wildman–Crippen MR) is 120 cm³/mol. The van der Waals surface area contributed by atoms with E-state index in [2.05, 4.69) is 69.0 Å². The molecule has 1 fully saturated rings. The normalized spacial score (nSPS) is 15.4. The molecule has 0 spiro atoms. The minimum atomic E-state index is -0.611. The third-order valence-electron chi connectivity index (χ3n) is 5.73. The van der Waals surface area contributed by atoms with Gasteiger partial charge in [0.05, 0.1) is 32.7 Å². The summed E-state index contributed by atoms with van der Waals surface area (Å²) in [6.45, 7) is 4.26. The zero-order valence-electron chi connectivity index (χ0n) is 18.0. The van der Waals surface area contributed by atoms with E-state index in [1.165, 1.54) is 23.2 Å². The summed E-state index contributed by atoms with van der Waals surface area (Å²) < 4.78 is 0. The number of hydrogen-bond acceptors (Lipinski definition) is 4. The molecule has 160 valence electrons. The number of likely N-dealkylation sites (N-methyl/N-ethyl adjacent to an activating group) is 1. The fraction of sp³-hybridized carbons (Fsp3) is 0.391. The Kier molecular flexibility index (Phi) is 7.30. The molecule has 0 radical (unpaired) electrons.